The van der Waals surface area contributed by atoms with Crippen LogP contribution in [-0.4, -0.2) is 22.6 Å². The summed E-state index contributed by atoms with van der Waals surface area (Å²) in [6, 6.07) is 16.2. The van der Waals surface area contributed by atoms with E-state index in [2.05, 4.69) is 28.3 Å². The van der Waals surface area contributed by atoms with Crippen molar-refractivity contribution in [3.8, 4) is 11.3 Å². The van der Waals surface area contributed by atoms with Gasteiger partial charge in [-0.25, -0.2) is 0 Å². The number of hydrogen-bond acceptors (Lipinski definition) is 3. The number of carbonyl (C=O) groups is 1. The molecule has 0 bridgehead atoms. The van der Waals surface area contributed by atoms with E-state index in [-0.39, 0.29) is 5.91 Å². The predicted molar refractivity (Wildman–Crippen MR) is 105 cm³/mol. The molecule has 3 heterocycles. The molecule has 0 aliphatic carbocycles. The van der Waals surface area contributed by atoms with Gasteiger partial charge in [0, 0.05) is 47.4 Å². The van der Waals surface area contributed by atoms with Crippen LogP contribution in [-0.2, 0) is 17.6 Å². The lowest BCUT2D eigenvalue weighted by Gasteiger charge is -2.17. The molecule has 0 fully saturated rings. The van der Waals surface area contributed by atoms with Gasteiger partial charge in [-0.2, -0.15) is 0 Å². The summed E-state index contributed by atoms with van der Waals surface area (Å²) in [5.74, 6) is 0.924. The Balaban J connectivity index is 1.32. The minimum absolute atomic E-state index is 0.173. The van der Waals surface area contributed by atoms with Crippen molar-refractivity contribution < 1.29 is 9.32 Å². The van der Waals surface area contributed by atoms with Gasteiger partial charge in [-0.3, -0.25) is 4.79 Å². The van der Waals surface area contributed by atoms with Crippen molar-refractivity contribution >= 4 is 22.5 Å². The van der Waals surface area contributed by atoms with Gasteiger partial charge in [-0.05, 0) is 48.2 Å². The number of para-hydroxylation sites is 1. The summed E-state index contributed by atoms with van der Waals surface area (Å²) in [5.41, 5.74) is 5.51. The Hall–Kier alpha value is -3.34. The van der Waals surface area contributed by atoms with Gasteiger partial charge in [0.05, 0.1) is 6.20 Å². The van der Waals surface area contributed by atoms with Crippen LogP contribution in [0.1, 0.15) is 17.5 Å². The Labute approximate surface area is 156 Å². The topological polar surface area (TPSA) is 62.1 Å². The van der Waals surface area contributed by atoms with Gasteiger partial charge in [-0.15, -0.1) is 0 Å². The smallest absolute Gasteiger partial charge is 0.227 e. The van der Waals surface area contributed by atoms with Gasteiger partial charge in [0.1, 0.15) is 0 Å². The highest BCUT2D eigenvalue weighted by atomic mass is 16.5. The SMILES string of the molecule is O=C(CCc1c[nH]c2ccccc12)N1CCc2cc(-c3ccno3)ccc21. The van der Waals surface area contributed by atoms with Crippen LogP contribution in [0.25, 0.3) is 22.2 Å². The number of rotatable bonds is 4. The van der Waals surface area contributed by atoms with E-state index >= 15 is 0 Å². The number of anilines is 1. The van der Waals surface area contributed by atoms with Gasteiger partial charge in [-0.1, -0.05) is 23.4 Å². The number of aromatic nitrogens is 2. The minimum Gasteiger partial charge on any atom is -0.361 e. The molecule has 0 saturated carbocycles. The summed E-state index contributed by atoms with van der Waals surface area (Å²) in [6.07, 6.45) is 5.77. The van der Waals surface area contributed by atoms with Crippen molar-refractivity contribution in [2.24, 2.45) is 0 Å². The van der Waals surface area contributed by atoms with Crippen LogP contribution in [0.15, 0.2) is 65.4 Å². The van der Waals surface area contributed by atoms with E-state index in [1.165, 1.54) is 16.5 Å². The predicted octanol–water partition coefficient (Wildman–Crippen LogP) is 4.34. The third-order valence-corrected chi connectivity index (χ3v) is 5.28. The lowest BCUT2D eigenvalue weighted by Crippen LogP contribution is -2.29. The fourth-order valence-electron chi connectivity index (χ4n) is 3.89. The van der Waals surface area contributed by atoms with Crippen LogP contribution in [0.5, 0.6) is 0 Å². The summed E-state index contributed by atoms with van der Waals surface area (Å²) in [5, 5.41) is 4.96. The Morgan fingerprint density at radius 3 is 3.00 bits per heavy atom. The largest absolute Gasteiger partial charge is 0.361 e. The van der Waals surface area contributed by atoms with E-state index in [1.54, 1.807) is 6.20 Å². The maximum Gasteiger partial charge on any atom is 0.227 e. The van der Waals surface area contributed by atoms with Crippen LogP contribution >= 0.6 is 0 Å². The zero-order valence-corrected chi connectivity index (χ0v) is 14.8. The van der Waals surface area contributed by atoms with Crippen LogP contribution in [0, 0.1) is 0 Å². The van der Waals surface area contributed by atoms with Crippen LogP contribution in [0.2, 0.25) is 0 Å². The minimum atomic E-state index is 0.173. The highest BCUT2D eigenvalue weighted by Crippen LogP contribution is 2.33. The molecular formula is C22H19N3O2. The summed E-state index contributed by atoms with van der Waals surface area (Å²) in [4.78, 5) is 18.0. The first-order chi connectivity index (χ1) is 13.3. The quantitative estimate of drug-likeness (QED) is 0.591. The van der Waals surface area contributed by atoms with E-state index in [0.717, 1.165) is 41.9 Å². The summed E-state index contributed by atoms with van der Waals surface area (Å²) in [6.45, 7) is 0.738. The third-order valence-electron chi connectivity index (χ3n) is 5.28. The number of hydrogen-bond donors (Lipinski definition) is 1. The molecule has 1 amide bonds. The first kappa shape index (κ1) is 15.9. The fourth-order valence-corrected chi connectivity index (χ4v) is 3.89. The second kappa shape index (κ2) is 6.43. The van der Waals surface area contributed by atoms with Crippen molar-refractivity contribution in [1.29, 1.82) is 0 Å². The zero-order chi connectivity index (χ0) is 18.2. The molecule has 2 aromatic carbocycles. The molecule has 134 valence electrons. The van der Waals surface area contributed by atoms with Crippen LogP contribution in [0.4, 0.5) is 5.69 Å². The third kappa shape index (κ3) is 2.81. The molecule has 5 nitrogen and oxygen atoms in total. The lowest BCUT2D eigenvalue weighted by molar-refractivity contribution is -0.118. The Morgan fingerprint density at radius 1 is 1.19 bits per heavy atom. The van der Waals surface area contributed by atoms with Crippen molar-refractivity contribution in [3.63, 3.8) is 0 Å². The molecule has 0 saturated heterocycles. The molecule has 27 heavy (non-hydrogen) atoms. The number of aromatic amines is 1. The first-order valence-corrected chi connectivity index (χ1v) is 9.19. The number of aryl methyl sites for hydroxylation is 1. The lowest BCUT2D eigenvalue weighted by atomic mass is 10.1. The number of carbonyl (C=O) groups excluding carboxylic acids is 1. The fraction of sp³-hybridized carbons (Fsp3) is 0.182. The van der Waals surface area contributed by atoms with Crippen molar-refractivity contribution in [2.75, 3.05) is 11.4 Å². The Bertz CT molecular complexity index is 1110. The molecule has 1 aliphatic heterocycles. The molecule has 5 heteroatoms. The van der Waals surface area contributed by atoms with Crippen LogP contribution in [0.3, 0.4) is 0 Å². The molecule has 0 radical (unpaired) electrons. The maximum absolute atomic E-state index is 12.8. The summed E-state index contributed by atoms with van der Waals surface area (Å²) < 4.78 is 5.24. The van der Waals surface area contributed by atoms with Crippen molar-refractivity contribution in [1.82, 2.24) is 10.1 Å². The Morgan fingerprint density at radius 2 is 2.11 bits per heavy atom. The van der Waals surface area contributed by atoms with Crippen LogP contribution < -0.4 is 4.90 Å². The van der Waals surface area contributed by atoms with Gasteiger partial charge < -0.3 is 14.4 Å². The van der Waals surface area contributed by atoms with E-state index < -0.39 is 0 Å². The highest BCUT2D eigenvalue weighted by molar-refractivity contribution is 5.96. The van der Waals surface area contributed by atoms with E-state index in [4.69, 9.17) is 4.52 Å². The zero-order valence-electron chi connectivity index (χ0n) is 14.8. The standard InChI is InChI=1S/C22H19N3O2/c26-22(8-6-17-14-23-19-4-2-1-3-18(17)19)25-12-10-15-13-16(5-7-20(15)25)21-9-11-24-27-21/h1-5,7,9,11,13-14,23H,6,8,10,12H2. The van der Waals surface area contributed by atoms with Crippen molar-refractivity contribution in [3.05, 3.63) is 72.1 Å². The van der Waals surface area contributed by atoms with E-state index in [9.17, 15) is 4.79 Å². The van der Waals surface area contributed by atoms with Gasteiger partial charge in [0.25, 0.3) is 0 Å². The molecular weight excluding hydrogens is 338 g/mol. The molecule has 4 aromatic rings. The monoisotopic (exact) mass is 357 g/mol. The van der Waals surface area contributed by atoms with E-state index in [0.29, 0.717) is 6.42 Å². The number of H-pyrrole nitrogens is 1. The molecule has 0 unspecified atom stereocenters. The number of nitrogens with zero attached hydrogens (tertiary/aromatic N) is 2. The second-order valence-electron chi connectivity index (χ2n) is 6.88. The molecule has 5 rings (SSSR count). The van der Waals surface area contributed by atoms with Gasteiger partial charge in [0.2, 0.25) is 5.91 Å². The number of benzene rings is 2. The molecule has 0 atom stereocenters. The molecule has 1 N–H and O–H groups in total. The van der Waals surface area contributed by atoms with Gasteiger partial charge >= 0.3 is 0 Å². The van der Waals surface area contributed by atoms with E-state index in [1.807, 2.05) is 41.4 Å². The normalized spacial score (nSPS) is 13.3. The average Bonchev–Trinajstić information content (AvgIpc) is 3.44. The molecule has 0 spiro atoms. The number of nitrogens with one attached hydrogen (secondary N) is 1. The summed E-state index contributed by atoms with van der Waals surface area (Å²) in [7, 11) is 0. The number of amides is 1. The number of fused-ring (bicyclic) bond motifs is 2. The first-order valence-electron chi connectivity index (χ1n) is 9.19. The van der Waals surface area contributed by atoms with Gasteiger partial charge in [0.15, 0.2) is 5.76 Å². The highest BCUT2D eigenvalue weighted by Gasteiger charge is 2.25. The van der Waals surface area contributed by atoms with Crippen molar-refractivity contribution in [2.45, 2.75) is 19.3 Å². The summed E-state index contributed by atoms with van der Waals surface area (Å²) >= 11 is 0. The maximum atomic E-state index is 12.8. The second-order valence-corrected chi connectivity index (χ2v) is 6.88. The Kier molecular flexibility index (Phi) is 3.78. The molecule has 2 aromatic heterocycles. The average molecular weight is 357 g/mol. The molecule has 1 aliphatic rings.